The highest BCUT2D eigenvalue weighted by Crippen LogP contribution is 2.44. The molecule has 1 aliphatic carbocycles. The summed E-state index contributed by atoms with van der Waals surface area (Å²) < 4.78 is 35.1. The van der Waals surface area contributed by atoms with E-state index in [1.54, 1.807) is 6.92 Å². The Kier molecular flexibility index (Phi) is 4.20. The zero-order valence-corrected chi connectivity index (χ0v) is 12.4. The van der Waals surface area contributed by atoms with Gasteiger partial charge in [-0.2, -0.15) is 0 Å². The molecule has 0 aromatic carbocycles. The first-order chi connectivity index (χ1) is 8.88. The monoisotopic (exact) mass is 290 g/mol. The molecule has 0 bridgehead atoms. The van der Waals surface area contributed by atoms with E-state index in [4.69, 9.17) is 4.74 Å². The molecule has 1 aliphatic heterocycles. The molecule has 1 heterocycles. The van der Waals surface area contributed by atoms with Crippen LogP contribution in [0.1, 0.15) is 39.0 Å². The Balaban J connectivity index is 2.01. The van der Waals surface area contributed by atoms with Crippen molar-refractivity contribution in [2.24, 2.45) is 5.92 Å². The maximum absolute atomic E-state index is 12.4. The lowest BCUT2D eigenvalue weighted by Gasteiger charge is -2.47. The SMILES string of the molecule is COC(=O)C(C)CS(=O)(=O)C1CCOC2(CCC2)C1. The van der Waals surface area contributed by atoms with Crippen LogP contribution in [-0.2, 0) is 24.1 Å². The van der Waals surface area contributed by atoms with E-state index >= 15 is 0 Å². The zero-order chi connectivity index (χ0) is 14.1. The van der Waals surface area contributed by atoms with Crippen molar-refractivity contribution < 1.29 is 22.7 Å². The number of rotatable bonds is 4. The molecule has 110 valence electrons. The Morgan fingerprint density at radius 1 is 1.47 bits per heavy atom. The fraction of sp³-hybridized carbons (Fsp3) is 0.923. The molecular formula is C13H22O5S. The molecule has 6 heteroatoms. The summed E-state index contributed by atoms with van der Waals surface area (Å²) >= 11 is 0. The first-order valence-electron chi connectivity index (χ1n) is 6.82. The zero-order valence-electron chi connectivity index (χ0n) is 11.6. The molecule has 1 spiro atoms. The van der Waals surface area contributed by atoms with Crippen LogP contribution >= 0.6 is 0 Å². The average molecular weight is 290 g/mol. The summed E-state index contributed by atoms with van der Waals surface area (Å²) in [6.45, 7) is 2.11. The van der Waals surface area contributed by atoms with Crippen molar-refractivity contribution >= 4 is 15.8 Å². The van der Waals surface area contributed by atoms with Crippen molar-refractivity contribution in [1.82, 2.24) is 0 Å². The van der Waals surface area contributed by atoms with Crippen LogP contribution in [0.3, 0.4) is 0 Å². The van der Waals surface area contributed by atoms with Crippen LogP contribution in [0.5, 0.6) is 0 Å². The van der Waals surface area contributed by atoms with Gasteiger partial charge < -0.3 is 9.47 Å². The Labute approximate surface area is 114 Å². The van der Waals surface area contributed by atoms with E-state index in [0.717, 1.165) is 19.3 Å². The second-order valence-corrected chi connectivity index (χ2v) is 8.08. The maximum atomic E-state index is 12.4. The number of carbonyl (C=O) groups excluding carboxylic acids is 1. The highest BCUT2D eigenvalue weighted by atomic mass is 32.2. The highest BCUT2D eigenvalue weighted by molar-refractivity contribution is 7.92. The second-order valence-electron chi connectivity index (χ2n) is 5.75. The number of carbonyl (C=O) groups is 1. The van der Waals surface area contributed by atoms with E-state index in [1.807, 2.05) is 0 Å². The number of hydrogen-bond donors (Lipinski definition) is 0. The third-order valence-corrected chi connectivity index (χ3v) is 6.69. The van der Waals surface area contributed by atoms with Gasteiger partial charge in [-0.3, -0.25) is 4.79 Å². The summed E-state index contributed by atoms with van der Waals surface area (Å²) in [4.78, 5) is 11.4. The standard InChI is InChI=1S/C13H22O5S/c1-10(12(14)17-2)9-19(15,16)11-4-7-18-13(8-11)5-3-6-13/h10-11H,3-9H2,1-2H3. The molecule has 2 unspecified atom stereocenters. The van der Waals surface area contributed by atoms with Gasteiger partial charge in [-0.15, -0.1) is 0 Å². The number of hydrogen-bond acceptors (Lipinski definition) is 5. The van der Waals surface area contributed by atoms with E-state index in [2.05, 4.69) is 4.74 Å². The molecule has 0 aromatic heterocycles. The minimum absolute atomic E-state index is 0.125. The molecule has 2 atom stereocenters. The molecule has 1 saturated carbocycles. The van der Waals surface area contributed by atoms with Crippen LogP contribution in [0.15, 0.2) is 0 Å². The second kappa shape index (κ2) is 5.40. The van der Waals surface area contributed by atoms with Crippen molar-refractivity contribution in [1.29, 1.82) is 0 Å². The third kappa shape index (κ3) is 3.11. The fourth-order valence-electron chi connectivity index (χ4n) is 2.96. The summed E-state index contributed by atoms with van der Waals surface area (Å²) in [7, 11) is -1.98. The Bertz CT molecular complexity index is 438. The molecule has 19 heavy (non-hydrogen) atoms. The molecule has 2 rings (SSSR count). The molecule has 0 radical (unpaired) electrons. The maximum Gasteiger partial charge on any atom is 0.309 e. The van der Waals surface area contributed by atoms with Gasteiger partial charge in [-0.05, 0) is 32.1 Å². The highest BCUT2D eigenvalue weighted by Gasteiger charge is 2.46. The largest absolute Gasteiger partial charge is 0.469 e. The van der Waals surface area contributed by atoms with Crippen LogP contribution in [-0.4, -0.2) is 44.7 Å². The lowest BCUT2D eigenvalue weighted by atomic mass is 9.75. The number of sulfone groups is 1. The van der Waals surface area contributed by atoms with Gasteiger partial charge in [0, 0.05) is 6.61 Å². The van der Waals surface area contributed by atoms with E-state index in [0.29, 0.717) is 19.4 Å². The average Bonchev–Trinajstić information content (AvgIpc) is 2.35. The molecular weight excluding hydrogens is 268 g/mol. The van der Waals surface area contributed by atoms with Crippen molar-refractivity contribution in [3.05, 3.63) is 0 Å². The van der Waals surface area contributed by atoms with E-state index in [-0.39, 0.29) is 16.6 Å². The Morgan fingerprint density at radius 3 is 2.68 bits per heavy atom. The molecule has 2 fully saturated rings. The first kappa shape index (κ1) is 14.8. The summed E-state index contributed by atoms with van der Waals surface area (Å²) in [6.07, 6.45) is 4.17. The van der Waals surface area contributed by atoms with Crippen molar-refractivity contribution in [3.8, 4) is 0 Å². The van der Waals surface area contributed by atoms with Gasteiger partial charge in [-0.25, -0.2) is 8.42 Å². The lowest BCUT2D eigenvalue weighted by molar-refractivity contribution is -0.144. The smallest absolute Gasteiger partial charge is 0.309 e. The predicted octanol–water partition coefficient (Wildman–Crippen LogP) is 1.31. The predicted molar refractivity (Wildman–Crippen MR) is 70.5 cm³/mol. The molecule has 2 aliphatic rings. The van der Waals surface area contributed by atoms with Crippen molar-refractivity contribution in [2.45, 2.75) is 49.9 Å². The van der Waals surface area contributed by atoms with Gasteiger partial charge in [0.25, 0.3) is 0 Å². The Hall–Kier alpha value is -0.620. The van der Waals surface area contributed by atoms with Gasteiger partial charge in [-0.1, -0.05) is 6.92 Å². The van der Waals surface area contributed by atoms with Gasteiger partial charge in [0.1, 0.15) is 0 Å². The van der Waals surface area contributed by atoms with Gasteiger partial charge >= 0.3 is 5.97 Å². The van der Waals surface area contributed by atoms with E-state index in [1.165, 1.54) is 7.11 Å². The van der Waals surface area contributed by atoms with Crippen LogP contribution < -0.4 is 0 Å². The number of esters is 1. The van der Waals surface area contributed by atoms with Crippen molar-refractivity contribution in [2.75, 3.05) is 19.5 Å². The molecule has 0 amide bonds. The molecule has 1 saturated heterocycles. The minimum atomic E-state index is -3.27. The number of methoxy groups -OCH3 is 1. The molecule has 5 nitrogen and oxygen atoms in total. The molecule has 0 N–H and O–H groups in total. The Morgan fingerprint density at radius 2 is 2.16 bits per heavy atom. The van der Waals surface area contributed by atoms with Crippen LogP contribution in [0.25, 0.3) is 0 Å². The van der Waals surface area contributed by atoms with E-state index < -0.39 is 21.7 Å². The lowest BCUT2D eigenvalue weighted by Crippen LogP contribution is -2.49. The fourth-order valence-corrected chi connectivity index (χ4v) is 5.08. The molecule has 0 aromatic rings. The summed E-state index contributed by atoms with van der Waals surface area (Å²) in [5.41, 5.74) is -0.190. The first-order valence-corrected chi connectivity index (χ1v) is 8.53. The topological polar surface area (TPSA) is 69.7 Å². The summed E-state index contributed by atoms with van der Waals surface area (Å²) in [6, 6.07) is 0. The normalized spacial score (nSPS) is 27.6. The van der Waals surface area contributed by atoms with E-state index in [9.17, 15) is 13.2 Å². The number of ether oxygens (including phenoxy) is 2. The van der Waals surface area contributed by atoms with Gasteiger partial charge in [0.15, 0.2) is 9.84 Å². The van der Waals surface area contributed by atoms with Crippen LogP contribution in [0.2, 0.25) is 0 Å². The van der Waals surface area contributed by atoms with Gasteiger partial charge in [0.05, 0.1) is 29.6 Å². The minimum Gasteiger partial charge on any atom is -0.469 e. The quantitative estimate of drug-likeness (QED) is 0.730. The van der Waals surface area contributed by atoms with Gasteiger partial charge in [0.2, 0.25) is 0 Å². The third-order valence-electron chi connectivity index (χ3n) is 4.31. The van der Waals surface area contributed by atoms with Crippen LogP contribution in [0.4, 0.5) is 0 Å². The van der Waals surface area contributed by atoms with Crippen LogP contribution in [0, 0.1) is 5.92 Å². The van der Waals surface area contributed by atoms with Crippen molar-refractivity contribution in [3.63, 3.8) is 0 Å². The summed E-state index contributed by atoms with van der Waals surface area (Å²) in [5, 5.41) is -0.367. The summed E-state index contributed by atoms with van der Waals surface area (Å²) in [5.74, 6) is -1.19.